The lowest BCUT2D eigenvalue weighted by atomic mass is 10.2. The van der Waals surface area contributed by atoms with Gasteiger partial charge in [0.25, 0.3) is 0 Å². The minimum absolute atomic E-state index is 0.305. The van der Waals surface area contributed by atoms with Crippen molar-refractivity contribution in [2.75, 3.05) is 6.61 Å². The summed E-state index contributed by atoms with van der Waals surface area (Å²) < 4.78 is 0. The highest BCUT2D eigenvalue weighted by Gasteiger charge is 2.18. The predicted octanol–water partition coefficient (Wildman–Crippen LogP) is 1.87. The van der Waals surface area contributed by atoms with Crippen molar-refractivity contribution in [2.45, 2.75) is 32.6 Å². The minimum Gasteiger partial charge on any atom is -0.392 e. The summed E-state index contributed by atoms with van der Waals surface area (Å²) in [5.74, 6) is 0. The lowest BCUT2D eigenvalue weighted by molar-refractivity contribution is 0.335. The summed E-state index contributed by atoms with van der Waals surface area (Å²) in [6.07, 6.45) is 4.91. The average molecular weight is 126 g/mol. The second kappa shape index (κ2) is 3.02. The Morgan fingerprint density at radius 1 is 1.44 bits per heavy atom. The van der Waals surface area contributed by atoms with Crippen LogP contribution in [-0.2, 0) is 0 Å². The largest absolute Gasteiger partial charge is 0.392 e. The number of allylic oxidation sites excluding steroid dienone is 1. The van der Waals surface area contributed by atoms with E-state index in [0.29, 0.717) is 6.61 Å². The van der Waals surface area contributed by atoms with Gasteiger partial charge in [-0.2, -0.15) is 0 Å². The Morgan fingerprint density at radius 3 is 2.67 bits per heavy atom. The Labute approximate surface area is 56.4 Å². The van der Waals surface area contributed by atoms with E-state index in [4.69, 9.17) is 5.11 Å². The monoisotopic (exact) mass is 126 g/mol. The van der Waals surface area contributed by atoms with Crippen molar-refractivity contribution < 1.29 is 5.11 Å². The van der Waals surface area contributed by atoms with E-state index in [1.54, 1.807) is 0 Å². The highest BCUT2D eigenvalue weighted by atomic mass is 16.3. The van der Waals surface area contributed by atoms with Gasteiger partial charge < -0.3 is 5.11 Å². The van der Waals surface area contributed by atoms with Crippen LogP contribution in [0.4, 0.5) is 0 Å². The van der Waals surface area contributed by atoms with E-state index in [2.05, 4.69) is 6.92 Å². The highest BCUT2D eigenvalue weighted by Crippen LogP contribution is 2.33. The third-order valence-corrected chi connectivity index (χ3v) is 1.82. The minimum atomic E-state index is 0.305. The van der Waals surface area contributed by atoms with E-state index in [1.165, 1.54) is 30.4 Å². The number of aliphatic hydroxyl groups is 1. The van der Waals surface area contributed by atoms with Crippen molar-refractivity contribution in [3.63, 3.8) is 0 Å². The first-order valence-corrected chi connectivity index (χ1v) is 3.69. The highest BCUT2D eigenvalue weighted by molar-refractivity contribution is 5.34. The van der Waals surface area contributed by atoms with Crippen LogP contribution in [0.15, 0.2) is 11.1 Å². The molecule has 1 nitrogen and oxygen atoms in total. The van der Waals surface area contributed by atoms with Crippen LogP contribution in [-0.4, -0.2) is 11.7 Å². The molecule has 1 N–H and O–H groups in total. The molecule has 0 bridgehead atoms. The predicted molar refractivity (Wildman–Crippen MR) is 38.3 cm³/mol. The molecule has 0 heterocycles. The van der Waals surface area contributed by atoms with Gasteiger partial charge in [0, 0.05) is 0 Å². The van der Waals surface area contributed by atoms with Crippen molar-refractivity contribution in [1.82, 2.24) is 0 Å². The smallest absolute Gasteiger partial charge is 0.0647 e. The van der Waals surface area contributed by atoms with Gasteiger partial charge in [0.05, 0.1) is 6.61 Å². The van der Waals surface area contributed by atoms with Crippen molar-refractivity contribution >= 4 is 0 Å². The number of hydrogen-bond acceptors (Lipinski definition) is 1. The second-order valence-electron chi connectivity index (χ2n) is 2.65. The first-order chi connectivity index (χ1) is 4.38. The molecule has 0 fully saturated rings. The summed E-state index contributed by atoms with van der Waals surface area (Å²) in [5.41, 5.74) is 2.81. The summed E-state index contributed by atoms with van der Waals surface area (Å²) in [7, 11) is 0. The molecule has 1 aliphatic rings. The zero-order valence-electron chi connectivity index (χ0n) is 5.98. The zero-order valence-corrected chi connectivity index (χ0v) is 5.98. The fourth-order valence-electron chi connectivity index (χ4n) is 1.04. The molecular formula is C8H14O. The van der Waals surface area contributed by atoms with Crippen LogP contribution in [0.1, 0.15) is 32.6 Å². The fraction of sp³-hybridized carbons (Fsp3) is 0.750. The number of rotatable bonds is 4. The molecule has 52 valence electrons. The summed E-state index contributed by atoms with van der Waals surface area (Å²) in [5, 5.41) is 8.62. The van der Waals surface area contributed by atoms with Gasteiger partial charge in [-0.3, -0.25) is 0 Å². The van der Waals surface area contributed by atoms with Crippen molar-refractivity contribution in [3.05, 3.63) is 11.1 Å². The zero-order chi connectivity index (χ0) is 6.69. The Balaban J connectivity index is 2.09. The van der Waals surface area contributed by atoms with Gasteiger partial charge >= 0.3 is 0 Å². The Morgan fingerprint density at radius 2 is 2.22 bits per heavy atom. The fourth-order valence-corrected chi connectivity index (χ4v) is 1.04. The number of hydrogen-bond donors (Lipinski definition) is 1. The molecule has 1 rings (SSSR count). The molecule has 0 aromatic carbocycles. The molecule has 0 amide bonds. The van der Waals surface area contributed by atoms with Gasteiger partial charge in [0.15, 0.2) is 0 Å². The maximum absolute atomic E-state index is 8.62. The SMILES string of the molecule is CCCCC1=C(CO)C1. The lowest BCUT2D eigenvalue weighted by Gasteiger charge is -1.86. The van der Waals surface area contributed by atoms with Gasteiger partial charge in [-0.15, -0.1) is 0 Å². The van der Waals surface area contributed by atoms with Crippen molar-refractivity contribution in [1.29, 1.82) is 0 Å². The van der Waals surface area contributed by atoms with Gasteiger partial charge in [-0.05, 0) is 24.8 Å². The molecule has 0 unspecified atom stereocenters. The number of unbranched alkanes of at least 4 members (excludes halogenated alkanes) is 1. The standard InChI is InChI=1S/C8H14O/c1-2-3-4-7-5-8(7)6-9/h9H,2-6H2,1H3. The molecule has 1 heteroatoms. The third kappa shape index (κ3) is 1.83. The summed E-state index contributed by atoms with van der Waals surface area (Å²) >= 11 is 0. The van der Waals surface area contributed by atoms with Gasteiger partial charge in [0.1, 0.15) is 0 Å². The summed E-state index contributed by atoms with van der Waals surface area (Å²) in [6.45, 7) is 2.50. The van der Waals surface area contributed by atoms with Crippen LogP contribution in [0.2, 0.25) is 0 Å². The molecule has 0 atom stereocenters. The van der Waals surface area contributed by atoms with E-state index in [0.717, 1.165) is 6.42 Å². The van der Waals surface area contributed by atoms with Crippen LogP contribution < -0.4 is 0 Å². The van der Waals surface area contributed by atoms with Crippen LogP contribution in [0.25, 0.3) is 0 Å². The van der Waals surface area contributed by atoms with Gasteiger partial charge in [-0.1, -0.05) is 18.9 Å². The quantitative estimate of drug-likeness (QED) is 0.570. The molecule has 0 aromatic heterocycles. The van der Waals surface area contributed by atoms with Crippen LogP contribution >= 0.6 is 0 Å². The first kappa shape index (κ1) is 6.81. The Bertz CT molecular complexity index is 125. The van der Waals surface area contributed by atoms with Gasteiger partial charge in [0.2, 0.25) is 0 Å². The molecule has 0 radical (unpaired) electrons. The Hall–Kier alpha value is -0.300. The van der Waals surface area contributed by atoms with Crippen LogP contribution in [0.5, 0.6) is 0 Å². The molecule has 9 heavy (non-hydrogen) atoms. The summed E-state index contributed by atoms with van der Waals surface area (Å²) in [4.78, 5) is 0. The van der Waals surface area contributed by atoms with Crippen molar-refractivity contribution in [2.24, 2.45) is 0 Å². The normalized spacial score (nSPS) is 16.7. The van der Waals surface area contributed by atoms with E-state index >= 15 is 0 Å². The average Bonchev–Trinajstić information content (AvgIpc) is 2.62. The second-order valence-corrected chi connectivity index (χ2v) is 2.65. The lowest BCUT2D eigenvalue weighted by Crippen LogP contribution is -1.72. The first-order valence-electron chi connectivity index (χ1n) is 3.69. The molecule has 0 saturated heterocycles. The molecule has 0 aromatic rings. The van der Waals surface area contributed by atoms with Crippen molar-refractivity contribution in [3.8, 4) is 0 Å². The molecule has 0 spiro atoms. The van der Waals surface area contributed by atoms with E-state index in [1.807, 2.05) is 0 Å². The Kier molecular flexibility index (Phi) is 2.29. The maximum Gasteiger partial charge on any atom is 0.0647 e. The van der Waals surface area contributed by atoms with E-state index in [9.17, 15) is 0 Å². The molecular weight excluding hydrogens is 112 g/mol. The maximum atomic E-state index is 8.62. The van der Waals surface area contributed by atoms with Crippen LogP contribution in [0.3, 0.4) is 0 Å². The summed E-state index contributed by atoms with van der Waals surface area (Å²) in [6, 6.07) is 0. The molecule has 0 saturated carbocycles. The topological polar surface area (TPSA) is 20.2 Å². The van der Waals surface area contributed by atoms with E-state index in [-0.39, 0.29) is 0 Å². The molecule has 0 aliphatic heterocycles. The third-order valence-electron chi connectivity index (χ3n) is 1.82. The van der Waals surface area contributed by atoms with Gasteiger partial charge in [-0.25, -0.2) is 0 Å². The number of aliphatic hydroxyl groups excluding tert-OH is 1. The molecule has 1 aliphatic carbocycles. The van der Waals surface area contributed by atoms with E-state index < -0.39 is 0 Å². The van der Waals surface area contributed by atoms with Crippen LogP contribution in [0, 0.1) is 0 Å².